The number of carbonyl (C=O) groups is 1. The van der Waals surface area contributed by atoms with E-state index < -0.39 is 0 Å². The standard InChI is InChI=1S/C17H26N6O2/c1-12-16(13(2)22(3)21-12)14-11-15(20-19-14)17(24)18-5-4-6-23-7-9-25-10-8-23/h11H,4-10H2,1-3H3,(H,18,24)(H,19,20). The quantitative estimate of drug-likeness (QED) is 0.758. The van der Waals surface area contributed by atoms with E-state index in [1.807, 2.05) is 25.6 Å². The molecule has 3 heterocycles. The minimum atomic E-state index is -0.125. The maximum absolute atomic E-state index is 12.3. The van der Waals surface area contributed by atoms with Gasteiger partial charge in [0.05, 0.1) is 24.6 Å². The van der Waals surface area contributed by atoms with Gasteiger partial charge >= 0.3 is 0 Å². The number of hydrogen-bond acceptors (Lipinski definition) is 5. The van der Waals surface area contributed by atoms with Crippen LogP contribution in [0, 0.1) is 13.8 Å². The molecular weight excluding hydrogens is 320 g/mol. The summed E-state index contributed by atoms with van der Waals surface area (Å²) in [7, 11) is 1.90. The normalized spacial score (nSPS) is 15.5. The highest BCUT2D eigenvalue weighted by atomic mass is 16.5. The van der Waals surface area contributed by atoms with Crippen LogP contribution in [-0.4, -0.2) is 70.2 Å². The Balaban J connectivity index is 1.52. The monoisotopic (exact) mass is 346 g/mol. The van der Waals surface area contributed by atoms with Crippen molar-refractivity contribution in [1.82, 2.24) is 30.2 Å². The van der Waals surface area contributed by atoms with Crippen LogP contribution in [0.5, 0.6) is 0 Å². The van der Waals surface area contributed by atoms with E-state index in [0.29, 0.717) is 12.2 Å². The maximum atomic E-state index is 12.3. The molecule has 2 aromatic heterocycles. The molecule has 3 rings (SSSR count). The lowest BCUT2D eigenvalue weighted by atomic mass is 10.1. The summed E-state index contributed by atoms with van der Waals surface area (Å²) in [5.41, 5.74) is 4.14. The number of H-pyrrole nitrogens is 1. The number of ether oxygens (including phenoxy) is 1. The van der Waals surface area contributed by atoms with Crippen LogP contribution < -0.4 is 5.32 Å². The van der Waals surface area contributed by atoms with Gasteiger partial charge < -0.3 is 10.1 Å². The fraction of sp³-hybridized carbons (Fsp3) is 0.588. The van der Waals surface area contributed by atoms with Crippen LogP contribution in [-0.2, 0) is 11.8 Å². The smallest absolute Gasteiger partial charge is 0.269 e. The number of nitrogens with one attached hydrogen (secondary N) is 2. The van der Waals surface area contributed by atoms with Gasteiger partial charge in [0, 0.05) is 37.9 Å². The molecule has 0 spiro atoms. The third-order valence-corrected chi connectivity index (χ3v) is 4.63. The molecule has 1 fully saturated rings. The summed E-state index contributed by atoms with van der Waals surface area (Å²) >= 11 is 0. The highest BCUT2D eigenvalue weighted by Crippen LogP contribution is 2.25. The van der Waals surface area contributed by atoms with Gasteiger partial charge in [0.15, 0.2) is 0 Å². The average Bonchev–Trinajstić information content (AvgIpc) is 3.17. The summed E-state index contributed by atoms with van der Waals surface area (Å²) in [5.74, 6) is -0.125. The van der Waals surface area contributed by atoms with Gasteiger partial charge in [0.1, 0.15) is 5.69 Å². The SMILES string of the molecule is Cc1nn(C)c(C)c1-c1cc(C(=O)NCCCN2CCOCC2)[nH]n1. The van der Waals surface area contributed by atoms with Gasteiger partial charge in [-0.25, -0.2) is 0 Å². The predicted octanol–water partition coefficient (Wildman–Crippen LogP) is 0.879. The number of hydrogen-bond donors (Lipinski definition) is 2. The molecule has 0 aliphatic carbocycles. The molecule has 25 heavy (non-hydrogen) atoms. The highest BCUT2D eigenvalue weighted by molar-refractivity contribution is 5.93. The van der Waals surface area contributed by atoms with Gasteiger partial charge in [-0.2, -0.15) is 10.2 Å². The molecule has 0 radical (unpaired) electrons. The van der Waals surface area contributed by atoms with E-state index in [9.17, 15) is 4.79 Å². The molecule has 1 saturated heterocycles. The Morgan fingerprint density at radius 3 is 2.80 bits per heavy atom. The number of aromatic nitrogens is 4. The largest absolute Gasteiger partial charge is 0.379 e. The van der Waals surface area contributed by atoms with Crippen LogP contribution in [0.25, 0.3) is 11.3 Å². The van der Waals surface area contributed by atoms with Gasteiger partial charge in [-0.3, -0.25) is 19.5 Å². The van der Waals surface area contributed by atoms with Gasteiger partial charge in [-0.15, -0.1) is 0 Å². The van der Waals surface area contributed by atoms with Crippen molar-refractivity contribution in [1.29, 1.82) is 0 Å². The zero-order chi connectivity index (χ0) is 17.8. The van der Waals surface area contributed by atoms with Gasteiger partial charge in [0.25, 0.3) is 5.91 Å². The molecule has 8 nitrogen and oxygen atoms in total. The molecule has 8 heteroatoms. The second-order valence-corrected chi connectivity index (χ2v) is 6.40. The van der Waals surface area contributed by atoms with E-state index in [4.69, 9.17) is 4.74 Å². The molecular formula is C17H26N6O2. The van der Waals surface area contributed by atoms with Crippen molar-refractivity contribution in [3.63, 3.8) is 0 Å². The summed E-state index contributed by atoms with van der Waals surface area (Å²) in [6.07, 6.45) is 0.924. The molecule has 2 aromatic rings. The first-order valence-corrected chi connectivity index (χ1v) is 8.70. The Bertz CT molecular complexity index is 730. The van der Waals surface area contributed by atoms with Crippen molar-refractivity contribution in [2.75, 3.05) is 39.4 Å². The molecule has 1 aliphatic heterocycles. The number of aryl methyl sites for hydroxylation is 2. The van der Waals surface area contributed by atoms with Crippen molar-refractivity contribution in [3.05, 3.63) is 23.1 Å². The summed E-state index contributed by atoms with van der Waals surface area (Å²) in [6, 6.07) is 1.79. The number of carbonyl (C=O) groups excluding carboxylic acids is 1. The fourth-order valence-electron chi connectivity index (χ4n) is 3.13. The molecule has 2 N–H and O–H groups in total. The highest BCUT2D eigenvalue weighted by Gasteiger charge is 2.17. The lowest BCUT2D eigenvalue weighted by Crippen LogP contribution is -2.38. The Morgan fingerprint density at radius 2 is 2.12 bits per heavy atom. The van der Waals surface area contributed by atoms with Crippen LogP contribution in [0.1, 0.15) is 28.3 Å². The van der Waals surface area contributed by atoms with E-state index in [-0.39, 0.29) is 5.91 Å². The van der Waals surface area contributed by atoms with Crippen molar-refractivity contribution < 1.29 is 9.53 Å². The Kier molecular flexibility index (Phi) is 5.50. The number of amides is 1. The topological polar surface area (TPSA) is 88.1 Å². The fourth-order valence-corrected chi connectivity index (χ4v) is 3.13. The van der Waals surface area contributed by atoms with Crippen molar-refractivity contribution in [2.24, 2.45) is 7.05 Å². The third-order valence-electron chi connectivity index (χ3n) is 4.63. The minimum absolute atomic E-state index is 0.125. The van der Waals surface area contributed by atoms with Gasteiger partial charge in [-0.05, 0) is 32.9 Å². The molecule has 0 saturated carbocycles. The lowest BCUT2D eigenvalue weighted by molar-refractivity contribution is 0.0374. The number of aromatic amines is 1. The molecule has 0 bridgehead atoms. The van der Waals surface area contributed by atoms with Crippen LogP contribution in [0.4, 0.5) is 0 Å². The Hall–Kier alpha value is -2.19. The van der Waals surface area contributed by atoms with E-state index >= 15 is 0 Å². The molecule has 0 aromatic carbocycles. The first-order chi connectivity index (χ1) is 12.1. The van der Waals surface area contributed by atoms with Crippen molar-refractivity contribution in [3.8, 4) is 11.3 Å². The van der Waals surface area contributed by atoms with Crippen LogP contribution in [0.2, 0.25) is 0 Å². The van der Waals surface area contributed by atoms with E-state index in [1.165, 1.54) is 0 Å². The van der Waals surface area contributed by atoms with Gasteiger partial charge in [-0.1, -0.05) is 0 Å². The summed E-state index contributed by atoms with van der Waals surface area (Å²) in [6.45, 7) is 9.12. The first-order valence-electron chi connectivity index (χ1n) is 8.70. The summed E-state index contributed by atoms with van der Waals surface area (Å²) in [4.78, 5) is 14.6. The molecule has 136 valence electrons. The van der Waals surface area contributed by atoms with Gasteiger partial charge in [0.2, 0.25) is 0 Å². The molecule has 1 aliphatic rings. The second-order valence-electron chi connectivity index (χ2n) is 6.40. The lowest BCUT2D eigenvalue weighted by Gasteiger charge is -2.26. The first kappa shape index (κ1) is 17.6. The third kappa shape index (κ3) is 4.08. The van der Waals surface area contributed by atoms with Crippen molar-refractivity contribution in [2.45, 2.75) is 20.3 Å². The summed E-state index contributed by atoms with van der Waals surface area (Å²) < 4.78 is 7.15. The zero-order valence-electron chi connectivity index (χ0n) is 15.1. The molecule has 0 unspecified atom stereocenters. The van der Waals surface area contributed by atoms with Crippen LogP contribution in [0.15, 0.2) is 6.07 Å². The van der Waals surface area contributed by atoms with E-state index in [1.54, 1.807) is 6.07 Å². The predicted molar refractivity (Wildman–Crippen MR) is 94.5 cm³/mol. The minimum Gasteiger partial charge on any atom is -0.379 e. The van der Waals surface area contributed by atoms with Crippen LogP contribution in [0.3, 0.4) is 0 Å². The zero-order valence-corrected chi connectivity index (χ0v) is 15.1. The second kappa shape index (κ2) is 7.79. The number of rotatable bonds is 6. The Morgan fingerprint density at radius 1 is 1.36 bits per heavy atom. The molecule has 1 amide bonds. The van der Waals surface area contributed by atoms with Crippen LogP contribution >= 0.6 is 0 Å². The van der Waals surface area contributed by atoms with E-state index in [2.05, 4.69) is 25.5 Å². The maximum Gasteiger partial charge on any atom is 0.269 e. The number of morpholine rings is 1. The van der Waals surface area contributed by atoms with E-state index in [0.717, 1.165) is 61.9 Å². The number of nitrogens with zero attached hydrogens (tertiary/aromatic N) is 4. The summed E-state index contributed by atoms with van der Waals surface area (Å²) in [5, 5.41) is 14.5. The van der Waals surface area contributed by atoms with Crippen molar-refractivity contribution >= 4 is 5.91 Å². The molecule has 0 atom stereocenters. The average molecular weight is 346 g/mol. The Labute approximate surface area is 147 Å².